The lowest BCUT2D eigenvalue weighted by molar-refractivity contribution is 0.0198. The number of phenols is 1. The number of phenolic OH excluding ortho intramolecular Hbond substituents is 1. The number of amides is 1. The van der Waals surface area contributed by atoms with Crippen LogP contribution in [0.1, 0.15) is 45.1 Å². The number of halogens is 1. The number of benzene rings is 1. The number of hydrogen-bond donors (Lipinski definition) is 1. The third-order valence-corrected chi connectivity index (χ3v) is 3.45. The second-order valence-electron chi connectivity index (χ2n) is 6.51. The Morgan fingerprint density at radius 1 is 1.38 bits per heavy atom. The second-order valence-corrected chi connectivity index (χ2v) is 6.51. The highest BCUT2D eigenvalue weighted by molar-refractivity contribution is 5.68. The van der Waals surface area contributed by atoms with Gasteiger partial charge in [-0.05, 0) is 51.3 Å². The first-order valence-electron chi connectivity index (χ1n) is 7.22. The van der Waals surface area contributed by atoms with Gasteiger partial charge < -0.3 is 14.7 Å². The molecule has 0 radical (unpaired) electrons. The monoisotopic (exact) mass is 295 g/mol. The van der Waals surface area contributed by atoms with Crippen molar-refractivity contribution >= 4 is 6.09 Å². The molecule has 4 nitrogen and oxygen atoms in total. The summed E-state index contributed by atoms with van der Waals surface area (Å²) in [7, 11) is 0. The standard InChI is InChI=1S/C16H22FNO3/c1-16(2,3)21-15(20)18-6-4-5-11(10-18)12-7-13(17)9-14(19)8-12/h7-9,11,19H,4-6,10H2,1-3H3. The molecule has 1 saturated heterocycles. The Labute approximate surface area is 124 Å². The van der Waals surface area contributed by atoms with E-state index in [1.54, 1.807) is 11.0 Å². The quantitative estimate of drug-likeness (QED) is 0.860. The maximum absolute atomic E-state index is 13.4. The molecule has 1 N–H and O–H groups in total. The third kappa shape index (κ3) is 4.34. The maximum Gasteiger partial charge on any atom is 0.410 e. The molecule has 1 aromatic carbocycles. The van der Waals surface area contributed by atoms with E-state index in [1.165, 1.54) is 6.07 Å². The van der Waals surface area contributed by atoms with Crippen LogP contribution in [0, 0.1) is 5.82 Å². The van der Waals surface area contributed by atoms with Gasteiger partial charge in [0.15, 0.2) is 0 Å². The van der Waals surface area contributed by atoms with Gasteiger partial charge in [0.05, 0.1) is 0 Å². The zero-order chi connectivity index (χ0) is 15.6. The van der Waals surface area contributed by atoms with Crippen LogP contribution in [0.5, 0.6) is 5.75 Å². The van der Waals surface area contributed by atoms with E-state index in [0.717, 1.165) is 24.5 Å². The van der Waals surface area contributed by atoms with E-state index in [-0.39, 0.29) is 17.8 Å². The molecule has 1 aromatic rings. The Balaban J connectivity index is 2.08. The van der Waals surface area contributed by atoms with Crippen LogP contribution in [0.4, 0.5) is 9.18 Å². The SMILES string of the molecule is CC(C)(C)OC(=O)N1CCCC(c2cc(O)cc(F)c2)C1. The van der Waals surface area contributed by atoms with E-state index in [1.807, 2.05) is 20.8 Å². The number of carbonyl (C=O) groups is 1. The predicted octanol–water partition coefficient (Wildman–Crippen LogP) is 3.65. The Morgan fingerprint density at radius 3 is 2.71 bits per heavy atom. The molecule has 0 aliphatic carbocycles. The molecule has 1 unspecified atom stereocenters. The van der Waals surface area contributed by atoms with Gasteiger partial charge in [-0.15, -0.1) is 0 Å². The third-order valence-electron chi connectivity index (χ3n) is 3.45. The van der Waals surface area contributed by atoms with E-state index in [0.29, 0.717) is 13.1 Å². The highest BCUT2D eigenvalue weighted by atomic mass is 19.1. The first-order chi connectivity index (χ1) is 9.74. The molecule has 1 aliphatic rings. The fraction of sp³-hybridized carbons (Fsp3) is 0.562. The Kier molecular flexibility index (Phi) is 4.40. The summed E-state index contributed by atoms with van der Waals surface area (Å²) in [5.41, 5.74) is 0.196. The number of ether oxygens (including phenoxy) is 1. The Morgan fingerprint density at radius 2 is 2.10 bits per heavy atom. The molecule has 0 spiro atoms. The zero-order valence-electron chi connectivity index (χ0n) is 12.7. The van der Waals surface area contributed by atoms with Crippen molar-refractivity contribution in [3.63, 3.8) is 0 Å². The minimum Gasteiger partial charge on any atom is -0.508 e. The number of likely N-dealkylation sites (tertiary alicyclic amines) is 1. The van der Waals surface area contributed by atoms with Gasteiger partial charge >= 0.3 is 6.09 Å². The number of piperidine rings is 1. The van der Waals surface area contributed by atoms with Crippen molar-refractivity contribution in [2.75, 3.05) is 13.1 Å². The lowest BCUT2D eigenvalue weighted by Crippen LogP contribution is -2.42. The van der Waals surface area contributed by atoms with E-state index in [2.05, 4.69) is 0 Å². The van der Waals surface area contributed by atoms with Crippen molar-refractivity contribution in [1.82, 2.24) is 4.90 Å². The Bertz CT molecular complexity index is 504. The highest BCUT2D eigenvalue weighted by Crippen LogP contribution is 2.30. The lowest BCUT2D eigenvalue weighted by atomic mass is 9.90. The molecule has 1 heterocycles. The molecule has 0 bridgehead atoms. The zero-order valence-corrected chi connectivity index (χ0v) is 12.7. The van der Waals surface area contributed by atoms with Gasteiger partial charge in [-0.2, -0.15) is 0 Å². The summed E-state index contributed by atoms with van der Waals surface area (Å²) in [6.45, 7) is 6.62. The van der Waals surface area contributed by atoms with Crippen molar-refractivity contribution < 1.29 is 19.0 Å². The van der Waals surface area contributed by atoms with Gasteiger partial charge in [0.2, 0.25) is 0 Å². The fourth-order valence-electron chi connectivity index (χ4n) is 2.57. The van der Waals surface area contributed by atoms with Crippen LogP contribution in [-0.4, -0.2) is 34.8 Å². The second kappa shape index (κ2) is 5.92. The molecule has 1 atom stereocenters. The Hall–Kier alpha value is -1.78. The van der Waals surface area contributed by atoms with Crippen molar-refractivity contribution in [2.24, 2.45) is 0 Å². The molecular formula is C16H22FNO3. The molecule has 0 saturated carbocycles. The number of carbonyl (C=O) groups excluding carboxylic acids is 1. The molecule has 0 aromatic heterocycles. The number of aromatic hydroxyl groups is 1. The number of hydrogen-bond acceptors (Lipinski definition) is 3. The van der Waals surface area contributed by atoms with Crippen LogP contribution >= 0.6 is 0 Å². The smallest absolute Gasteiger partial charge is 0.410 e. The molecule has 2 rings (SSSR count). The summed E-state index contributed by atoms with van der Waals surface area (Å²) in [4.78, 5) is 13.8. The van der Waals surface area contributed by atoms with Gasteiger partial charge in [0.1, 0.15) is 17.2 Å². The lowest BCUT2D eigenvalue weighted by Gasteiger charge is -2.34. The largest absolute Gasteiger partial charge is 0.508 e. The average molecular weight is 295 g/mol. The van der Waals surface area contributed by atoms with Crippen molar-refractivity contribution in [3.05, 3.63) is 29.6 Å². The highest BCUT2D eigenvalue weighted by Gasteiger charge is 2.28. The van der Waals surface area contributed by atoms with Crippen molar-refractivity contribution in [2.45, 2.75) is 45.1 Å². The van der Waals surface area contributed by atoms with Crippen LogP contribution in [0.2, 0.25) is 0 Å². The summed E-state index contributed by atoms with van der Waals surface area (Å²) in [5.74, 6) is -0.522. The summed E-state index contributed by atoms with van der Waals surface area (Å²) in [5, 5.41) is 9.51. The van der Waals surface area contributed by atoms with Crippen LogP contribution in [0.3, 0.4) is 0 Å². The minimum atomic E-state index is -0.527. The molecule has 5 heteroatoms. The average Bonchev–Trinajstić information content (AvgIpc) is 2.36. The summed E-state index contributed by atoms with van der Waals surface area (Å²) in [6, 6.07) is 4.06. The van der Waals surface area contributed by atoms with E-state index in [9.17, 15) is 14.3 Å². The van der Waals surface area contributed by atoms with Gasteiger partial charge in [-0.25, -0.2) is 9.18 Å². The van der Waals surface area contributed by atoms with Gasteiger partial charge in [0.25, 0.3) is 0 Å². The van der Waals surface area contributed by atoms with Gasteiger partial charge in [-0.3, -0.25) is 0 Å². The van der Waals surface area contributed by atoms with Crippen molar-refractivity contribution in [3.8, 4) is 5.75 Å². The molecule has 116 valence electrons. The van der Waals surface area contributed by atoms with E-state index < -0.39 is 11.4 Å². The van der Waals surface area contributed by atoms with Crippen LogP contribution in [0.25, 0.3) is 0 Å². The molecule has 1 fully saturated rings. The van der Waals surface area contributed by atoms with Crippen molar-refractivity contribution in [1.29, 1.82) is 0 Å². The topological polar surface area (TPSA) is 49.8 Å². The summed E-state index contributed by atoms with van der Waals surface area (Å²) >= 11 is 0. The maximum atomic E-state index is 13.4. The first kappa shape index (κ1) is 15.6. The van der Waals surface area contributed by atoms with Crippen LogP contribution in [-0.2, 0) is 4.74 Å². The number of rotatable bonds is 1. The molecule has 1 amide bonds. The predicted molar refractivity (Wildman–Crippen MR) is 77.8 cm³/mol. The van der Waals surface area contributed by atoms with Gasteiger partial charge in [0, 0.05) is 25.1 Å². The normalized spacial score (nSPS) is 19.4. The fourth-order valence-corrected chi connectivity index (χ4v) is 2.57. The minimum absolute atomic E-state index is 0.0212. The number of nitrogens with zero attached hydrogens (tertiary/aromatic N) is 1. The van der Waals surface area contributed by atoms with Crippen LogP contribution < -0.4 is 0 Å². The first-order valence-corrected chi connectivity index (χ1v) is 7.22. The van der Waals surface area contributed by atoms with Gasteiger partial charge in [-0.1, -0.05) is 0 Å². The molecule has 1 aliphatic heterocycles. The molecule has 21 heavy (non-hydrogen) atoms. The van der Waals surface area contributed by atoms with E-state index >= 15 is 0 Å². The van der Waals surface area contributed by atoms with E-state index in [4.69, 9.17) is 4.74 Å². The molecular weight excluding hydrogens is 273 g/mol. The summed E-state index contributed by atoms with van der Waals surface area (Å²) in [6.07, 6.45) is 1.36. The summed E-state index contributed by atoms with van der Waals surface area (Å²) < 4.78 is 18.8. The van der Waals surface area contributed by atoms with Crippen LogP contribution in [0.15, 0.2) is 18.2 Å².